The van der Waals surface area contributed by atoms with Gasteiger partial charge in [0, 0.05) is 7.11 Å². The van der Waals surface area contributed by atoms with E-state index in [-0.39, 0.29) is 12.1 Å². The van der Waals surface area contributed by atoms with E-state index in [1.165, 1.54) is 0 Å². The summed E-state index contributed by atoms with van der Waals surface area (Å²) in [4.78, 5) is 10.3. The molecule has 0 spiro atoms. The molecule has 1 aliphatic heterocycles. The molecule has 46 valence electrons. The molecule has 1 aliphatic rings. The zero-order valence-corrected chi connectivity index (χ0v) is 4.72. The number of cyclic esters (lactones) is 1. The Balaban J connectivity index is 2.32. The Hall–Kier alpha value is -0.570. The molecule has 0 aliphatic carbocycles. The van der Waals surface area contributed by atoms with Crippen LogP contribution in [0.4, 0.5) is 0 Å². The highest BCUT2D eigenvalue weighted by molar-refractivity contribution is 5.71. The van der Waals surface area contributed by atoms with Gasteiger partial charge in [0.25, 0.3) is 0 Å². The van der Waals surface area contributed by atoms with E-state index < -0.39 is 0 Å². The third kappa shape index (κ3) is 0.980. The van der Waals surface area contributed by atoms with Gasteiger partial charge in [-0.25, -0.2) is 0 Å². The molecule has 3 nitrogen and oxygen atoms in total. The first-order valence-corrected chi connectivity index (χ1v) is 2.51. The van der Waals surface area contributed by atoms with Crippen molar-refractivity contribution in [1.29, 1.82) is 0 Å². The van der Waals surface area contributed by atoms with Crippen LogP contribution in [0.15, 0.2) is 0 Å². The van der Waals surface area contributed by atoms with Gasteiger partial charge in [-0.3, -0.25) is 4.79 Å². The summed E-state index contributed by atoms with van der Waals surface area (Å²) >= 11 is 0. The first kappa shape index (κ1) is 5.56. The fourth-order valence-corrected chi connectivity index (χ4v) is 0.641. The predicted molar refractivity (Wildman–Crippen MR) is 26.4 cm³/mol. The van der Waals surface area contributed by atoms with Crippen LogP contribution in [0.25, 0.3) is 0 Å². The zero-order valence-electron chi connectivity index (χ0n) is 4.72. The van der Waals surface area contributed by atoms with E-state index in [2.05, 4.69) is 4.74 Å². The van der Waals surface area contributed by atoms with Crippen molar-refractivity contribution in [3.8, 4) is 0 Å². The van der Waals surface area contributed by atoms with Crippen molar-refractivity contribution in [2.45, 2.75) is 12.5 Å². The molecule has 1 atom stereocenters. The number of methoxy groups -OCH3 is 1. The Morgan fingerprint density at radius 3 is 2.88 bits per heavy atom. The molecular weight excluding hydrogens is 108 g/mol. The predicted octanol–water partition coefficient (Wildman–Crippen LogP) is -0.0517. The van der Waals surface area contributed by atoms with Crippen molar-refractivity contribution in [2.24, 2.45) is 0 Å². The van der Waals surface area contributed by atoms with Crippen LogP contribution in [-0.4, -0.2) is 25.8 Å². The highest BCUT2D eigenvalue weighted by Crippen LogP contribution is 2.07. The summed E-state index contributed by atoms with van der Waals surface area (Å²) < 4.78 is 9.43. The second-order valence-corrected chi connectivity index (χ2v) is 1.74. The van der Waals surface area contributed by atoms with Gasteiger partial charge in [-0.2, -0.15) is 0 Å². The molecule has 1 unspecified atom stereocenters. The lowest BCUT2D eigenvalue weighted by atomic mass is 10.3. The molecule has 3 heteroatoms. The molecule has 8 heavy (non-hydrogen) atoms. The Morgan fingerprint density at radius 1 is 1.88 bits per heavy atom. The number of hydrogen-bond acceptors (Lipinski definition) is 3. The van der Waals surface area contributed by atoms with Crippen LogP contribution >= 0.6 is 0 Å². The van der Waals surface area contributed by atoms with E-state index in [9.17, 15) is 4.79 Å². The quantitative estimate of drug-likeness (QED) is 0.450. The minimum absolute atomic E-state index is 0.00231. The van der Waals surface area contributed by atoms with E-state index in [1.807, 2.05) is 0 Å². The Labute approximate surface area is 47.6 Å². The highest BCUT2D eigenvalue weighted by atomic mass is 16.6. The van der Waals surface area contributed by atoms with Gasteiger partial charge in [0.2, 0.25) is 0 Å². The molecule has 1 saturated heterocycles. The maximum absolute atomic E-state index is 10.3. The van der Waals surface area contributed by atoms with Crippen molar-refractivity contribution in [2.75, 3.05) is 13.7 Å². The molecule has 0 amide bonds. The van der Waals surface area contributed by atoms with Crippen LogP contribution in [0.1, 0.15) is 6.42 Å². The topological polar surface area (TPSA) is 35.5 Å². The fourth-order valence-electron chi connectivity index (χ4n) is 0.641. The summed E-state index contributed by atoms with van der Waals surface area (Å²) in [5.41, 5.74) is 0. The van der Waals surface area contributed by atoms with Crippen LogP contribution in [-0.2, 0) is 14.3 Å². The van der Waals surface area contributed by atoms with E-state index in [0.717, 1.165) is 0 Å². The van der Waals surface area contributed by atoms with Crippen LogP contribution in [0.5, 0.6) is 0 Å². The molecule has 0 bridgehead atoms. The van der Waals surface area contributed by atoms with Crippen LogP contribution < -0.4 is 0 Å². The lowest BCUT2D eigenvalue weighted by Gasteiger charge is -1.98. The standard InChI is InChI=1S/C5H8O3/c1-7-4-2-5(6)8-3-4/h4H,2-3H2,1H3. The SMILES string of the molecule is COC1COC(=O)C1. The molecule has 0 aromatic carbocycles. The summed E-state index contributed by atoms with van der Waals surface area (Å²) in [7, 11) is 1.58. The fraction of sp³-hybridized carbons (Fsp3) is 0.800. The van der Waals surface area contributed by atoms with Gasteiger partial charge in [0.15, 0.2) is 0 Å². The summed E-state index contributed by atoms with van der Waals surface area (Å²) in [6.45, 7) is 0.426. The summed E-state index contributed by atoms with van der Waals surface area (Å²) in [5, 5.41) is 0. The van der Waals surface area contributed by atoms with Gasteiger partial charge in [0.1, 0.15) is 12.7 Å². The van der Waals surface area contributed by atoms with Crippen LogP contribution in [0.2, 0.25) is 0 Å². The smallest absolute Gasteiger partial charge is 0.308 e. The Bertz CT molecular complexity index is 99.8. The number of esters is 1. The monoisotopic (exact) mass is 116 g/mol. The second kappa shape index (κ2) is 2.13. The molecule has 0 aromatic heterocycles. The summed E-state index contributed by atoms with van der Waals surface area (Å²) in [6, 6.07) is 0. The lowest BCUT2D eigenvalue weighted by molar-refractivity contribution is -0.137. The maximum atomic E-state index is 10.3. The Kier molecular flexibility index (Phi) is 1.48. The van der Waals surface area contributed by atoms with Crippen LogP contribution in [0, 0.1) is 0 Å². The summed E-state index contributed by atoms with van der Waals surface area (Å²) in [5.74, 6) is -0.156. The zero-order chi connectivity index (χ0) is 5.98. The van der Waals surface area contributed by atoms with Crippen molar-refractivity contribution in [1.82, 2.24) is 0 Å². The molecule has 0 aromatic rings. The van der Waals surface area contributed by atoms with E-state index >= 15 is 0 Å². The molecular formula is C5H8O3. The lowest BCUT2D eigenvalue weighted by Crippen LogP contribution is -2.08. The van der Waals surface area contributed by atoms with Gasteiger partial charge in [-0.15, -0.1) is 0 Å². The van der Waals surface area contributed by atoms with Gasteiger partial charge >= 0.3 is 5.97 Å². The van der Waals surface area contributed by atoms with Crippen LogP contribution in [0.3, 0.4) is 0 Å². The third-order valence-electron chi connectivity index (χ3n) is 1.16. The average Bonchev–Trinajstić information content (AvgIpc) is 2.14. The van der Waals surface area contributed by atoms with Crippen molar-refractivity contribution < 1.29 is 14.3 Å². The molecule has 1 fully saturated rings. The van der Waals surface area contributed by atoms with Gasteiger partial charge < -0.3 is 9.47 Å². The van der Waals surface area contributed by atoms with Gasteiger partial charge in [0.05, 0.1) is 6.42 Å². The van der Waals surface area contributed by atoms with Crippen molar-refractivity contribution >= 4 is 5.97 Å². The normalized spacial score (nSPS) is 28.1. The second-order valence-electron chi connectivity index (χ2n) is 1.74. The third-order valence-corrected chi connectivity index (χ3v) is 1.16. The van der Waals surface area contributed by atoms with E-state index in [4.69, 9.17) is 4.74 Å². The minimum Gasteiger partial charge on any atom is -0.463 e. The largest absolute Gasteiger partial charge is 0.463 e. The number of rotatable bonds is 1. The number of carbonyl (C=O) groups is 1. The molecule has 0 saturated carbocycles. The Morgan fingerprint density at radius 2 is 2.62 bits per heavy atom. The van der Waals surface area contributed by atoms with Gasteiger partial charge in [-0.05, 0) is 0 Å². The molecule has 0 N–H and O–H groups in total. The van der Waals surface area contributed by atoms with Crippen molar-refractivity contribution in [3.05, 3.63) is 0 Å². The first-order valence-electron chi connectivity index (χ1n) is 2.51. The highest BCUT2D eigenvalue weighted by Gasteiger charge is 2.22. The maximum Gasteiger partial charge on any atom is 0.308 e. The van der Waals surface area contributed by atoms with Gasteiger partial charge in [-0.1, -0.05) is 0 Å². The van der Waals surface area contributed by atoms with Crippen molar-refractivity contribution in [3.63, 3.8) is 0 Å². The number of hydrogen-bond donors (Lipinski definition) is 0. The van der Waals surface area contributed by atoms with E-state index in [0.29, 0.717) is 13.0 Å². The average molecular weight is 116 g/mol. The molecule has 1 heterocycles. The number of carbonyl (C=O) groups excluding carboxylic acids is 1. The first-order chi connectivity index (χ1) is 3.83. The molecule has 0 radical (unpaired) electrons. The molecule has 1 rings (SSSR count). The van der Waals surface area contributed by atoms with E-state index in [1.54, 1.807) is 7.11 Å². The summed E-state index contributed by atoms with van der Waals surface area (Å²) in [6.07, 6.45) is 0.416. The number of ether oxygens (including phenoxy) is 2. The minimum atomic E-state index is -0.156.